The van der Waals surface area contributed by atoms with E-state index in [2.05, 4.69) is 5.32 Å². The van der Waals surface area contributed by atoms with E-state index in [1.807, 2.05) is 24.3 Å². The van der Waals surface area contributed by atoms with E-state index >= 15 is 0 Å². The number of halogens is 2. The zero-order chi connectivity index (χ0) is 14.5. The van der Waals surface area contributed by atoms with Crippen LogP contribution in [0, 0.1) is 5.82 Å². The molecule has 0 unspecified atom stereocenters. The van der Waals surface area contributed by atoms with Gasteiger partial charge in [-0.1, -0.05) is 35.9 Å². The third-order valence-corrected chi connectivity index (χ3v) is 3.12. The second-order valence-electron chi connectivity index (χ2n) is 4.33. The second-order valence-corrected chi connectivity index (χ2v) is 4.76. The Bertz CT molecular complexity index is 614. The van der Waals surface area contributed by atoms with Crippen molar-refractivity contribution in [1.82, 2.24) is 5.32 Å². The fourth-order valence-electron chi connectivity index (χ4n) is 1.74. The molecule has 3 nitrogen and oxygen atoms in total. The Hall–Kier alpha value is -1.91. The standard InChI is InChI=1S/C15H14ClFN2O/c16-12-5-6-14(17)13(7-12)15(20)19-9-11-3-1-10(8-18)2-4-11/h1-7H,8-9,18H2,(H,19,20). The van der Waals surface area contributed by atoms with Gasteiger partial charge in [0.05, 0.1) is 5.56 Å². The molecule has 0 saturated carbocycles. The van der Waals surface area contributed by atoms with Gasteiger partial charge >= 0.3 is 0 Å². The molecular formula is C15H14ClFN2O. The van der Waals surface area contributed by atoms with Crippen LogP contribution in [0.15, 0.2) is 42.5 Å². The van der Waals surface area contributed by atoms with Crippen LogP contribution in [-0.2, 0) is 13.1 Å². The molecule has 2 aromatic carbocycles. The number of nitrogens with one attached hydrogen (secondary N) is 1. The molecule has 0 aliphatic rings. The molecule has 20 heavy (non-hydrogen) atoms. The molecule has 0 aromatic heterocycles. The monoisotopic (exact) mass is 292 g/mol. The normalized spacial score (nSPS) is 10.3. The molecule has 0 heterocycles. The first-order valence-corrected chi connectivity index (χ1v) is 6.49. The molecule has 1 amide bonds. The van der Waals surface area contributed by atoms with E-state index in [-0.39, 0.29) is 5.56 Å². The van der Waals surface area contributed by atoms with Crippen LogP contribution < -0.4 is 11.1 Å². The lowest BCUT2D eigenvalue weighted by Crippen LogP contribution is -2.23. The van der Waals surface area contributed by atoms with E-state index in [4.69, 9.17) is 17.3 Å². The van der Waals surface area contributed by atoms with Crippen LogP contribution >= 0.6 is 11.6 Å². The van der Waals surface area contributed by atoms with Crippen LogP contribution in [0.5, 0.6) is 0 Å². The summed E-state index contributed by atoms with van der Waals surface area (Å²) in [5, 5.41) is 2.97. The Kier molecular flexibility index (Phi) is 4.71. The number of benzene rings is 2. The van der Waals surface area contributed by atoms with E-state index in [0.29, 0.717) is 18.1 Å². The van der Waals surface area contributed by atoms with E-state index in [9.17, 15) is 9.18 Å². The van der Waals surface area contributed by atoms with Crippen LogP contribution in [0.3, 0.4) is 0 Å². The number of hydrogen-bond donors (Lipinski definition) is 2. The maximum Gasteiger partial charge on any atom is 0.254 e. The Morgan fingerprint density at radius 1 is 1.15 bits per heavy atom. The maximum atomic E-state index is 13.5. The Morgan fingerprint density at radius 2 is 1.80 bits per heavy atom. The summed E-state index contributed by atoms with van der Waals surface area (Å²) in [5.41, 5.74) is 7.38. The van der Waals surface area contributed by atoms with Crippen LogP contribution in [-0.4, -0.2) is 5.91 Å². The molecule has 0 aliphatic carbocycles. The largest absolute Gasteiger partial charge is 0.348 e. The van der Waals surface area contributed by atoms with Crippen LogP contribution in [0.1, 0.15) is 21.5 Å². The highest BCUT2D eigenvalue weighted by Crippen LogP contribution is 2.15. The Morgan fingerprint density at radius 3 is 2.45 bits per heavy atom. The minimum atomic E-state index is -0.592. The summed E-state index contributed by atoms with van der Waals surface area (Å²) in [4.78, 5) is 11.9. The summed E-state index contributed by atoms with van der Waals surface area (Å²) in [6.45, 7) is 0.788. The zero-order valence-electron chi connectivity index (χ0n) is 10.7. The predicted molar refractivity (Wildman–Crippen MR) is 76.9 cm³/mol. The van der Waals surface area contributed by atoms with E-state index in [1.54, 1.807) is 0 Å². The lowest BCUT2D eigenvalue weighted by atomic mass is 10.1. The molecule has 0 bridgehead atoms. The van der Waals surface area contributed by atoms with Crippen molar-refractivity contribution >= 4 is 17.5 Å². The van der Waals surface area contributed by atoms with Gasteiger partial charge in [-0.15, -0.1) is 0 Å². The topological polar surface area (TPSA) is 55.1 Å². The number of hydrogen-bond acceptors (Lipinski definition) is 2. The number of carbonyl (C=O) groups is 1. The average Bonchev–Trinajstić information content (AvgIpc) is 2.47. The quantitative estimate of drug-likeness (QED) is 0.910. The lowest BCUT2D eigenvalue weighted by molar-refractivity contribution is 0.0947. The molecule has 0 aliphatic heterocycles. The number of rotatable bonds is 4. The van der Waals surface area contributed by atoms with Gasteiger partial charge in [0.15, 0.2) is 0 Å². The molecule has 3 N–H and O–H groups in total. The minimum Gasteiger partial charge on any atom is -0.348 e. The Labute approximate surface area is 121 Å². The highest BCUT2D eigenvalue weighted by atomic mass is 35.5. The molecule has 0 spiro atoms. The number of nitrogens with two attached hydrogens (primary N) is 1. The number of amides is 1. The zero-order valence-corrected chi connectivity index (χ0v) is 11.5. The van der Waals surface area contributed by atoms with Gasteiger partial charge in [0.25, 0.3) is 5.91 Å². The van der Waals surface area contributed by atoms with E-state index in [1.165, 1.54) is 18.2 Å². The van der Waals surface area contributed by atoms with Crippen molar-refractivity contribution in [2.75, 3.05) is 0 Å². The summed E-state index contributed by atoms with van der Waals surface area (Å²) in [7, 11) is 0. The molecule has 2 aromatic rings. The number of carbonyl (C=O) groups excluding carboxylic acids is 1. The van der Waals surface area contributed by atoms with Gasteiger partial charge in [-0.2, -0.15) is 0 Å². The van der Waals surface area contributed by atoms with Crippen LogP contribution in [0.25, 0.3) is 0 Å². The van der Waals surface area contributed by atoms with Gasteiger partial charge in [0.1, 0.15) is 5.82 Å². The van der Waals surface area contributed by atoms with E-state index < -0.39 is 11.7 Å². The molecule has 2 rings (SSSR count). The summed E-state index contributed by atoms with van der Waals surface area (Å²) in [6, 6.07) is 11.4. The summed E-state index contributed by atoms with van der Waals surface area (Å²) in [5.74, 6) is -1.08. The molecular weight excluding hydrogens is 279 g/mol. The van der Waals surface area contributed by atoms with Gasteiger partial charge < -0.3 is 11.1 Å². The van der Waals surface area contributed by atoms with Crippen molar-refractivity contribution in [3.8, 4) is 0 Å². The van der Waals surface area contributed by atoms with Crippen molar-refractivity contribution in [2.45, 2.75) is 13.1 Å². The summed E-state index contributed by atoms with van der Waals surface area (Å²) < 4.78 is 13.5. The molecule has 0 radical (unpaired) electrons. The molecule has 0 fully saturated rings. The smallest absolute Gasteiger partial charge is 0.254 e. The third-order valence-electron chi connectivity index (χ3n) is 2.88. The van der Waals surface area contributed by atoms with Crippen molar-refractivity contribution in [2.24, 2.45) is 5.73 Å². The van der Waals surface area contributed by atoms with Crippen LogP contribution in [0.4, 0.5) is 4.39 Å². The van der Waals surface area contributed by atoms with Crippen LogP contribution in [0.2, 0.25) is 5.02 Å². The first-order valence-electron chi connectivity index (χ1n) is 6.11. The van der Waals surface area contributed by atoms with Gasteiger partial charge in [0, 0.05) is 18.1 Å². The highest BCUT2D eigenvalue weighted by molar-refractivity contribution is 6.30. The minimum absolute atomic E-state index is 0.0592. The molecule has 0 atom stereocenters. The highest BCUT2D eigenvalue weighted by Gasteiger charge is 2.11. The first-order chi connectivity index (χ1) is 9.60. The van der Waals surface area contributed by atoms with E-state index in [0.717, 1.165) is 11.1 Å². The van der Waals surface area contributed by atoms with Crippen molar-refractivity contribution < 1.29 is 9.18 Å². The summed E-state index contributed by atoms with van der Waals surface area (Å²) in [6.07, 6.45) is 0. The van der Waals surface area contributed by atoms with Crippen molar-refractivity contribution in [3.05, 3.63) is 70.0 Å². The molecule has 5 heteroatoms. The molecule has 104 valence electrons. The summed E-state index contributed by atoms with van der Waals surface area (Å²) >= 11 is 5.75. The van der Waals surface area contributed by atoms with Gasteiger partial charge in [-0.05, 0) is 29.3 Å². The second kappa shape index (κ2) is 6.50. The Balaban J connectivity index is 2.02. The van der Waals surface area contributed by atoms with Crippen molar-refractivity contribution in [3.63, 3.8) is 0 Å². The van der Waals surface area contributed by atoms with Crippen molar-refractivity contribution in [1.29, 1.82) is 0 Å². The first kappa shape index (κ1) is 14.5. The fourth-order valence-corrected chi connectivity index (χ4v) is 1.91. The SMILES string of the molecule is NCc1ccc(CNC(=O)c2cc(Cl)ccc2F)cc1. The average molecular weight is 293 g/mol. The maximum absolute atomic E-state index is 13.5. The fraction of sp³-hybridized carbons (Fsp3) is 0.133. The molecule has 0 saturated heterocycles. The van der Waals surface area contributed by atoms with Gasteiger partial charge in [-0.25, -0.2) is 4.39 Å². The third kappa shape index (κ3) is 3.56. The lowest BCUT2D eigenvalue weighted by Gasteiger charge is -2.07. The van der Waals surface area contributed by atoms with Gasteiger partial charge in [0.2, 0.25) is 0 Å². The van der Waals surface area contributed by atoms with Gasteiger partial charge in [-0.3, -0.25) is 4.79 Å². The predicted octanol–water partition coefficient (Wildman–Crippen LogP) is 2.87.